The minimum Gasteiger partial charge on any atom is -0.496 e. The normalized spacial score (nSPS) is 12.0. The molecule has 1 aromatic rings. The number of ether oxygens (including phenoxy) is 3. The largest absolute Gasteiger partial charge is 0.496 e. The quantitative estimate of drug-likeness (QED) is 0.760. The third kappa shape index (κ3) is 4.52. The van der Waals surface area contributed by atoms with Crippen LogP contribution in [0.5, 0.6) is 17.2 Å². The molecule has 1 atom stereocenters. The molecule has 1 N–H and O–H groups in total. The number of nitrogens with one attached hydrogen (secondary N) is 1. The van der Waals surface area contributed by atoms with E-state index in [4.69, 9.17) is 14.2 Å². The second kappa shape index (κ2) is 8.12. The molecule has 0 radical (unpaired) electrons. The lowest BCUT2D eigenvalue weighted by Gasteiger charge is -2.16. The standard InChI is InChI=1S/C15H22BrNO4/c1-9(2)11(16)8-17-15(18)10-6-13(20-4)14(21-5)7-12(10)19-3/h6-7,9,11H,8H2,1-5H3,(H,17,18). The summed E-state index contributed by atoms with van der Waals surface area (Å²) < 4.78 is 15.7. The van der Waals surface area contributed by atoms with Gasteiger partial charge in [0, 0.05) is 23.5 Å². The Bertz CT molecular complexity index is 491. The average molecular weight is 360 g/mol. The molecular formula is C15H22BrNO4. The molecule has 0 aliphatic carbocycles. The number of alkyl halides is 1. The predicted molar refractivity (Wildman–Crippen MR) is 86.0 cm³/mol. The summed E-state index contributed by atoms with van der Waals surface area (Å²) in [7, 11) is 4.58. The van der Waals surface area contributed by atoms with Gasteiger partial charge in [0.2, 0.25) is 0 Å². The van der Waals surface area contributed by atoms with E-state index in [1.807, 2.05) is 0 Å². The molecule has 6 heteroatoms. The average Bonchev–Trinajstić information content (AvgIpc) is 2.50. The fraction of sp³-hybridized carbons (Fsp3) is 0.533. The van der Waals surface area contributed by atoms with Gasteiger partial charge in [-0.05, 0) is 5.92 Å². The summed E-state index contributed by atoms with van der Waals surface area (Å²) in [5, 5.41) is 2.88. The van der Waals surface area contributed by atoms with Crippen LogP contribution in [0.4, 0.5) is 0 Å². The number of methoxy groups -OCH3 is 3. The Hall–Kier alpha value is -1.43. The molecule has 21 heavy (non-hydrogen) atoms. The van der Waals surface area contributed by atoms with Crippen molar-refractivity contribution in [3.8, 4) is 17.2 Å². The van der Waals surface area contributed by atoms with Crippen molar-refractivity contribution in [2.75, 3.05) is 27.9 Å². The number of benzene rings is 1. The van der Waals surface area contributed by atoms with Gasteiger partial charge in [0.05, 0.1) is 26.9 Å². The third-order valence-corrected chi connectivity index (χ3v) is 4.51. The topological polar surface area (TPSA) is 56.8 Å². The van der Waals surface area contributed by atoms with E-state index >= 15 is 0 Å². The molecule has 0 saturated heterocycles. The van der Waals surface area contributed by atoms with Crippen LogP contribution in [0, 0.1) is 5.92 Å². The van der Waals surface area contributed by atoms with Crippen LogP contribution in [-0.2, 0) is 0 Å². The fourth-order valence-corrected chi connectivity index (χ4v) is 1.89. The van der Waals surface area contributed by atoms with Crippen molar-refractivity contribution >= 4 is 21.8 Å². The van der Waals surface area contributed by atoms with Gasteiger partial charge in [-0.1, -0.05) is 29.8 Å². The highest BCUT2D eigenvalue weighted by Gasteiger charge is 2.19. The highest BCUT2D eigenvalue weighted by atomic mass is 79.9. The molecule has 0 fully saturated rings. The van der Waals surface area contributed by atoms with Crippen LogP contribution < -0.4 is 19.5 Å². The third-order valence-electron chi connectivity index (χ3n) is 3.13. The fourth-order valence-electron chi connectivity index (χ4n) is 1.73. The van der Waals surface area contributed by atoms with Crippen molar-refractivity contribution in [2.24, 2.45) is 5.92 Å². The minimum absolute atomic E-state index is 0.210. The first-order valence-corrected chi connectivity index (χ1v) is 7.58. The van der Waals surface area contributed by atoms with Gasteiger partial charge in [-0.3, -0.25) is 4.79 Å². The lowest BCUT2D eigenvalue weighted by atomic mass is 10.1. The Labute approximate surface area is 134 Å². The number of halogens is 1. The first-order valence-electron chi connectivity index (χ1n) is 6.66. The molecule has 1 rings (SSSR count). The molecule has 0 aromatic heterocycles. The summed E-state index contributed by atoms with van der Waals surface area (Å²) in [6.07, 6.45) is 0. The number of hydrogen-bond acceptors (Lipinski definition) is 4. The molecule has 0 heterocycles. The first kappa shape index (κ1) is 17.6. The highest BCUT2D eigenvalue weighted by molar-refractivity contribution is 9.09. The van der Waals surface area contributed by atoms with Crippen LogP contribution in [0.15, 0.2) is 12.1 Å². The zero-order chi connectivity index (χ0) is 16.0. The summed E-state index contributed by atoms with van der Waals surface area (Å²) >= 11 is 3.54. The summed E-state index contributed by atoms with van der Waals surface area (Å²) in [6, 6.07) is 3.26. The number of amides is 1. The van der Waals surface area contributed by atoms with Gasteiger partial charge in [0.25, 0.3) is 5.91 Å². The SMILES string of the molecule is COc1cc(OC)c(C(=O)NCC(Br)C(C)C)cc1OC. The lowest BCUT2D eigenvalue weighted by molar-refractivity contribution is 0.0949. The van der Waals surface area contributed by atoms with Gasteiger partial charge in [0.1, 0.15) is 5.75 Å². The second-order valence-corrected chi connectivity index (χ2v) is 6.05. The summed E-state index contributed by atoms with van der Waals surface area (Å²) in [5.74, 6) is 1.67. The van der Waals surface area contributed by atoms with E-state index in [9.17, 15) is 4.79 Å². The Morgan fingerprint density at radius 3 is 2.10 bits per heavy atom. The highest BCUT2D eigenvalue weighted by Crippen LogP contribution is 2.34. The van der Waals surface area contributed by atoms with Gasteiger partial charge in [-0.2, -0.15) is 0 Å². The Balaban J connectivity index is 2.97. The Morgan fingerprint density at radius 2 is 1.62 bits per heavy atom. The molecule has 0 aliphatic heterocycles. The van der Waals surface area contributed by atoms with Crippen LogP contribution in [0.2, 0.25) is 0 Å². The van der Waals surface area contributed by atoms with E-state index in [0.29, 0.717) is 35.3 Å². The summed E-state index contributed by atoms with van der Waals surface area (Å²) in [5.41, 5.74) is 0.415. The molecule has 5 nitrogen and oxygen atoms in total. The second-order valence-electron chi connectivity index (χ2n) is 4.88. The van der Waals surface area contributed by atoms with Gasteiger partial charge in [0.15, 0.2) is 11.5 Å². The maximum atomic E-state index is 12.3. The van der Waals surface area contributed by atoms with E-state index in [1.54, 1.807) is 12.1 Å². The van der Waals surface area contributed by atoms with E-state index in [-0.39, 0.29) is 10.7 Å². The van der Waals surface area contributed by atoms with Crippen molar-refractivity contribution in [1.82, 2.24) is 5.32 Å². The Morgan fingerprint density at radius 1 is 1.10 bits per heavy atom. The first-order chi connectivity index (χ1) is 9.94. The van der Waals surface area contributed by atoms with Crippen LogP contribution in [0.1, 0.15) is 24.2 Å². The molecule has 1 aromatic carbocycles. The van der Waals surface area contributed by atoms with E-state index in [2.05, 4.69) is 35.1 Å². The number of carbonyl (C=O) groups excluding carboxylic acids is 1. The van der Waals surface area contributed by atoms with Gasteiger partial charge >= 0.3 is 0 Å². The van der Waals surface area contributed by atoms with E-state index < -0.39 is 0 Å². The smallest absolute Gasteiger partial charge is 0.255 e. The molecule has 0 bridgehead atoms. The Kier molecular flexibility index (Phi) is 6.81. The van der Waals surface area contributed by atoms with Crippen LogP contribution in [-0.4, -0.2) is 38.6 Å². The van der Waals surface area contributed by atoms with E-state index in [0.717, 1.165) is 0 Å². The maximum Gasteiger partial charge on any atom is 0.255 e. The molecular weight excluding hydrogens is 338 g/mol. The number of rotatable bonds is 7. The van der Waals surface area contributed by atoms with E-state index in [1.165, 1.54) is 21.3 Å². The van der Waals surface area contributed by atoms with Crippen molar-refractivity contribution in [3.63, 3.8) is 0 Å². The van der Waals surface area contributed by atoms with Gasteiger partial charge < -0.3 is 19.5 Å². The lowest BCUT2D eigenvalue weighted by Crippen LogP contribution is -2.32. The van der Waals surface area contributed by atoms with Gasteiger partial charge in [-0.15, -0.1) is 0 Å². The monoisotopic (exact) mass is 359 g/mol. The van der Waals surface area contributed by atoms with Gasteiger partial charge in [-0.25, -0.2) is 0 Å². The van der Waals surface area contributed by atoms with Crippen molar-refractivity contribution < 1.29 is 19.0 Å². The maximum absolute atomic E-state index is 12.3. The van der Waals surface area contributed by atoms with Crippen molar-refractivity contribution in [2.45, 2.75) is 18.7 Å². The number of hydrogen-bond donors (Lipinski definition) is 1. The summed E-state index contributed by atoms with van der Waals surface area (Å²) in [4.78, 5) is 12.5. The molecule has 0 spiro atoms. The van der Waals surface area contributed by atoms with Crippen molar-refractivity contribution in [3.05, 3.63) is 17.7 Å². The molecule has 118 valence electrons. The zero-order valence-electron chi connectivity index (χ0n) is 13.0. The number of carbonyl (C=O) groups is 1. The molecule has 1 amide bonds. The van der Waals surface area contributed by atoms with Crippen LogP contribution in [0.25, 0.3) is 0 Å². The molecule has 0 aliphatic rings. The minimum atomic E-state index is -0.210. The van der Waals surface area contributed by atoms with Crippen molar-refractivity contribution in [1.29, 1.82) is 0 Å². The zero-order valence-corrected chi connectivity index (χ0v) is 14.6. The predicted octanol–water partition coefficient (Wildman–Crippen LogP) is 2.86. The molecule has 1 unspecified atom stereocenters. The van der Waals surface area contributed by atoms with Crippen LogP contribution in [0.3, 0.4) is 0 Å². The van der Waals surface area contributed by atoms with Crippen LogP contribution >= 0.6 is 15.9 Å². The summed E-state index contributed by atoms with van der Waals surface area (Å²) in [6.45, 7) is 4.71. The molecule has 0 saturated carbocycles.